The van der Waals surface area contributed by atoms with Crippen LogP contribution in [0.25, 0.3) is 0 Å². The Balaban J connectivity index is 1.27. The van der Waals surface area contributed by atoms with Gasteiger partial charge in [0.25, 0.3) is 5.91 Å². The fourth-order valence-electron chi connectivity index (χ4n) is 3.67. The van der Waals surface area contributed by atoms with E-state index in [4.69, 9.17) is 0 Å². The molecular formula is C25H25FN4O2. The number of nitrogens with zero attached hydrogens (tertiary/aromatic N) is 2. The lowest BCUT2D eigenvalue weighted by Crippen LogP contribution is -2.48. The van der Waals surface area contributed by atoms with Crippen LogP contribution in [0.3, 0.4) is 0 Å². The first-order chi connectivity index (χ1) is 15.6. The number of halogens is 1. The van der Waals surface area contributed by atoms with E-state index in [9.17, 15) is 14.0 Å². The first kappa shape index (κ1) is 21.5. The van der Waals surface area contributed by atoms with E-state index < -0.39 is 0 Å². The summed E-state index contributed by atoms with van der Waals surface area (Å²) in [5.74, 6) is -0.243. The Labute approximate surface area is 186 Å². The van der Waals surface area contributed by atoms with Crippen molar-refractivity contribution in [1.29, 1.82) is 0 Å². The molecule has 1 saturated heterocycles. The second kappa shape index (κ2) is 10.1. The van der Waals surface area contributed by atoms with Crippen molar-refractivity contribution in [2.24, 2.45) is 0 Å². The molecule has 1 heterocycles. The SMILES string of the molecule is O=C(Nc1ccccc1)Nc1ccc(C(=O)N2CCN(Cc3ccccc3F)CC2)cc1. The third-order valence-electron chi connectivity index (χ3n) is 5.43. The molecule has 1 aliphatic heterocycles. The predicted octanol–water partition coefficient (Wildman–Crippen LogP) is 4.43. The van der Waals surface area contributed by atoms with Gasteiger partial charge in [-0.3, -0.25) is 9.69 Å². The molecule has 1 fully saturated rings. The van der Waals surface area contributed by atoms with Crippen molar-refractivity contribution >= 4 is 23.3 Å². The Morgan fingerprint density at radius 2 is 1.34 bits per heavy atom. The van der Waals surface area contributed by atoms with Crippen LogP contribution in [0, 0.1) is 5.82 Å². The van der Waals surface area contributed by atoms with Gasteiger partial charge < -0.3 is 15.5 Å². The average Bonchev–Trinajstić information content (AvgIpc) is 2.82. The first-order valence-electron chi connectivity index (χ1n) is 10.6. The van der Waals surface area contributed by atoms with Gasteiger partial charge in [0.2, 0.25) is 0 Å². The highest BCUT2D eigenvalue weighted by Gasteiger charge is 2.22. The Bertz CT molecular complexity index is 1060. The van der Waals surface area contributed by atoms with E-state index in [2.05, 4.69) is 15.5 Å². The second-order valence-corrected chi connectivity index (χ2v) is 7.68. The number of piperazine rings is 1. The van der Waals surface area contributed by atoms with E-state index in [1.165, 1.54) is 6.07 Å². The Morgan fingerprint density at radius 3 is 2.00 bits per heavy atom. The van der Waals surface area contributed by atoms with Gasteiger partial charge in [-0.1, -0.05) is 36.4 Å². The zero-order chi connectivity index (χ0) is 22.3. The molecular weight excluding hydrogens is 407 g/mol. The van der Waals surface area contributed by atoms with Gasteiger partial charge in [0, 0.05) is 55.2 Å². The molecule has 7 heteroatoms. The number of carbonyl (C=O) groups is 2. The first-order valence-corrected chi connectivity index (χ1v) is 10.6. The lowest BCUT2D eigenvalue weighted by molar-refractivity contribution is 0.0627. The molecule has 0 spiro atoms. The van der Waals surface area contributed by atoms with Gasteiger partial charge in [-0.2, -0.15) is 0 Å². The monoisotopic (exact) mass is 432 g/mol. The van der Waals surface area contributed by atoms with E-state index in [1.54, 1.807) is 48.5 Å². The lowest BCUT2D eigenvalue weighted by atomic mass is 10.1. The molecule has 0 unspecified atom stereocenters. The van der Waals surface area contributed by atoms with Crippen LogP contribution in [0.2, 0.25) is 0 Å². The fraction of sp³-hybridized carbons (Fsp3) is 0.200. The molecule has 32 heavy (non-hydrogen) atoms. The Kier molecular flexibility index (Phi) is 6.77. The van der Waals surface area contributed by atoms with Gasteiger partial charge in [-0.15, -0.1) is 0 Å². The highest BCUT2D eigenvalue weighted by molar-refractivity contribution is 6.00. The van der Waals surface area contributed by atoms with Gasteiger partial charge in [0.05, 0.1) is 0 Å². The number of para-hydroxylation sites is 1. The van der Waals surface area contributed by atoms with Gasteiger partial charge in [0.1, 0.15) is 5.82 Å². The summed E-state index contributed by atoms with van der Waals surface area (Å²) < 4.78 is 13.9. The molecule has 164 valence electrons. The zero-order valence-corrected chi connectivity index (χ0v) is 17.6. The summed E-state index contributed by atoms with van der Waals surface area (Å²) >= 11 is 0. The summed E-state index contributed by atoms with van der Waals surface area (Å²) in [6.45, 7) is 3.11. The molecule has 3 aromatic carbocycles. The largest absolute Gasteiger partial charge is 0.336 e. The summed E-state index contributed by atoms with van der Waals surface area (Å²) in [7, 11) is 0. The minimum Gasteiger partial charge on any atom is -0.336 e. The topological polar surface area (TPSA) is 64.7 Å². The molecule has 0 aromatic heterocycles. The summed E-state index contributed by atoms with van der Waals surface area (Å²) in [4.78, 5) is 28.9. The van der Waals surface area contributed by atoms with Crippen LogP contribution in [-0.2, 0) is 6.54 Å². The molecule has 1 aliphatic rings. The number of nitrogens with one attached hydrogen (secondary N) is 2. The van der Waals surface area contributed by atoms with Crippen LogP contribution < -0.4 is 10.6 Å². The standard InChI is InChI=1S/C25H25FN4O2/c26-23-9-5-4-6-20(23)18-29-14-16-30(17-15-29)24(31)19-10-12-22(13-11-19)28-25(32)27-21-7-2-1-3-8-21/h1-13H,14-18H2,(H2,27,28,32). The van der Waals surface area contributed by atoms with Crippen molar-refractivity contribution < 1.29 is 14.0 Å². The maximum absolute atomic E-state index is 13.9. The molecule has 0 radical (unpaired) electrons. The third-order valence-corrected chi connectivity index (χ3v) is 5.43. The molecule has 6 nitrogen and oxygen atoms in total. The minimum atomic E-state index is -0.346. The van der Waals surface area contributed by atoms with E-state index in [0.29, 0.717) is 55.2 Å². The van der Waals surface area contributed by atoms with E-state index in [-0.39, 0.29) is 17.8 Å². The number of carbonyl (C=O) groups excluding carboxylic acids is 2. The van der Waals surface area contributed by atoms with Crippen LogP contribution in [0.1, 0.15) is 15.9 Å². The number of hydrogen-bond donors (Lipinski definition) is 2. The highest BCUT2D eigenvalue weighted by Crippen LogP contribution is 2.16. The number of rotatable bonds is 5. The van der Waals surface area contributed by atoms with Crippen LogP contribution >= 0.6 is 0 Å². The normalized spacial score (nSPS) is 14.1. The number of hydrogen-bond acceptors (Lipinski definition) is 3. The van der Waals surface area contributed by atoms with E-state index in [0.717, 1.165) is 0 Å². The van der Waals surface area contributed by atoms with E-state index >= 15 is 0 Å². The summed E-state index contributed by atoms with van der Waals surface area (Å²) in [5.41, 5.74) is 2.55. The van der Waals surface area contributed by atoms with Crippen LogP contribution in [0.5, 0.6) is 0 Å². The van der Waals surface area contributed by atoms with Crippen LogP contribution in [0.15, 0.2) is 78.9 Å². The second-order valence-electron chi connectivity index (χ2n) is 7.68. The number of amides is 3. The van der Waals surface area contributed by atoms with Gasteiger partial charge in [0.15, 0.2) is 0 Å². The van der Waals surface area contributed by atoms with Crippen LogP contribution in [0.4, 0.5) is 20.6 Å². The fourth-order valence-corrected chi connectivity index (χ4v) is 3.67. The minimum absolute atomic E-state index is 0.0455. The summed E-state index contributed by atoms with van der Waals surface area (Å²) in [6.07, 6.45) is 0. The van der Waals surface area contributed by atoms with Crippen molar-refractivity contribution in [3.8, 4) is 0 Å². The van der Waals surface area contributed by atoms with Crippen molar-refractivity contribution in [2.45, 2.75) is 6.54 Å². The smallest absolute Gasteiger partial charge is 0.323 e. The molecule has 0 aliphatic carbocycles. The molecule has 3 aromatic rings. The summed E-state index contributed by atoms with van der Waals surface area (Å²) in [5, 5.41) is 5.51. The van der Waals surface area contributed by atoms with E-state index in [1.807, 2.05) is 29.2 Å². The quantitative estimate of drug-likeness (QED) is 0.627. The van der Waals surface area contributed by atoms with Crippen molar-refractivity contribution in [3.05, 3.63) is 95.8 Å². The number of urea groups is 1. The molecule has 0 atom stereocenters. The Morgan fingerprint density at radius 1 is 0.750 bits per heavy atom. The molecule has 2 N–H and O–H groups in total. The maximum Gasteiger partial charge on any atom is 0.323 e. The zero-order valence-electron chi connectivity index (χ0n) is 17.6. The van der Waals surface area contributed by atoms with Crippen LogP contribution in [-0.4, -0.2) is 47.9 Å². The highest BCUT2D eigenvalue weighted by atomic mass is 19.1. The van der Waals surface area contributed by atoms with Crippen molar-refractivity contribution in [2.75, 3.05) is 36.8 Å². The lowest BCUT2D eigenvalue weighted by Gasteiger charge is -2.34. The Hall–Kier alpha value is -3.71. The van der Waals surface area contributed by atoms with Crippen molar-refractivity contribution in [1.82, 2.24) is 9.80 Å². The van der Waals surface area contributed by atoms with Crippen molar-refractivity contribution in [3.63, 3.8) is 0 Å². The molecule has 0 bridgehead atoms. The van der Waals surface area contributed by atoms with Gasteiger partial charge >= 0.3 is 6.03 Å². The number of anilines is 2. The summed E-state index contributed by atoms with van der Waals surface area (Å²) in [6, 6.07) is 22.5. The predicted molar refractivity (Wildman–Crippen MR) is 123 cm³/mol. The maximum atomic E-state index is 13.9. The molecule has 4 rings (SSSR count). The average molecular weight is 432 g/mol. The molecule has 3 amide bonds. The van der Waals surface area contributed by atoms with Gasteiger partial charge in [-0.25, -0.2) is 9.18 Å². The number of benzene rings is 3. The third kappa shape index (κ3) is 5.50. The van der Waals surface area contributed by atoms with Gasteiger partial charge in [-0.05, 0) is 42.5 Å². The molecule has 0 saturated carbocycles.